The molecule has 4 aromatic rings. The lowest BCUT2D eigenvalue weighted by atomic mass is 10.0. The van der Waals surface area contributed by atoms with Gasteiger partial charge in [0.25, 0.3) is 5.91 Å². The van der Waals surface area contributed by atoms with Crippen molar-refractivity contribution in [3.8, 4) is 22.8 Å². The molecule has 0 aliphatic rings. The average molecular weight is 397 g/mol. The summed E-state index contributed by atoms with van der Waals surface area (Å²) in [4.78, 5) is 17.6. The number of hydrogen-bond donors (Lipinski definition) is 3. The van der Waals surface area contributed by atoms with Crippen molar-refractivity contribution in [2.24, 2.45) is 5.10 Å². The fourth-order valence-electron chi connectivity index (χ4n) is 3.10. The molecule has 1 aromatic heterocycles. The number of benzene rings is 3. The van der Waals surface area contributed by atoms with E-state index in [-0.39, 0.29) is 11.5 Å². The highest BCUT2D eigenvalue weighted by Gasteiger charge is 2.13. The normalized spacial score (nSPS) is 11.1. The van der Waals surface area contributed by atoms with E-state index in [9.17, 15) is 15.0 Å². The van der Waals surface area contributed by atoms with Gasteiger partial charge in [0.2, 0.25) is 0 Å². The van der Waals surface area contributed by atoms with E-state index < -0.39 is 5.91 Å². The molecule has 1 amide bonds. The summed E-state index contributed by atoms with van der Waals surface area (Å²) in [5.41, 5.74) is 6.77. The third-order valence-corrected chi connectivity index (χ3v) is 4.69. The van der Waals surface area contributed by atoms with Crippen LogP contribution in [0.3, 0.4) is 0 Å². The van der Waals surface area contributed by atoms with Crippen LogP contribution in [0.15, 0.2) is 77.9 Å². The zero-order valence-corrected chi connectivity index (χ0v) is 16.2. The first kappa shape index (κ1) is 19.1. The maximum absolute atomic E-state index is 12.9. The van der Waals surface area contributed by atoms with Gasteiger partial charge in [0.1, 0.15) is 11.5 Å². The molecule has 0 saturated heterocycles. The molecule has 0 bridgehead atoms. The summed E-state index contributed by atoms with van der Waals surface area (Å²) in [6.45, 7) is 2.01. The standard InChI is InChI=1S/C24H19N3O3/c1-15-6-8-16(9-7-15)22-13-20(19-4-2-3-5-21(19)26-22)24(30)27-25-14-17-10-11-18(28)12-23(17)29/h2-14,28-29H,1H3,(H,27,30)/b25-14+. The molecule has 6 heteroatoms. The number of phenolic OH excluding ortho intramolecular Hbond substituents is 2. The van der Waals surface area contributed by atoms with E-state index in [1.807, 2.05) is 55.5 Å². The molecule has 6 nitrogen and oxygen atoms in total. The van der Waals surface area contributed by atoms with Gasteiger partial charge >= 0.3 is 0 Å². The number of carbonyl (C=O) groups excluding carboxylic acids is 1. The van der Waals surface area contributed by atoms with E-state index in [4.69, 9.17) is 4.98 Å². The summed E-state index contributed by atoms with van der Waals surface area (Å²) in [7, 11) is 0. The molecule has 0 unspecified atom stereocenters. The topological polar surface area (TPSA) is 94.8 Å². The van der Waals surface area contributed by atoms with Crippen LogP contribution in [0.5, 0.6) is 11.5 Å². The number of nitrogens with one attached hydrogen (secondary N) is 1. The SMILES string of the molecule is Cc1ccc(-c2cc(C(=O)N/N=C/c3ccc(O)cc3O)c3ccccc3n2)cc1. The number of nitrogens with zero attached hydrogens (tertiary/aromatic N) is 2. The van der Waals surface area contributed by atoms with Crippen molar-refractivity contribution in [2.75, 3.05) is 0 Å². The van der Waals surface area contributed by atoms with E-state index in [0.29, 0.717) is 27.7 Å². The Bertz CT molecular complexity index is 1260. The van der Waals surface area contributed by atoms with Crippen molar-refractivity contribution >= 4 is 23.0 Å². The van der Waals surface area contributed by atoms with Gasteiger partial charge in [0, 0.05) is 22.6 Å². The second-order valence-corrected chi connectivity index (χ2v) is 6.88. The van der Waals surface area contributed by atoms with E-state index >= 15 is 0 Å². The van der Waals surface area contributed by atoms with Crippen LogP contribution in [-0.2, 0) is 0 Å². The molecular formula is C24H19N3O3. The fourth-order valence-corrected chi connectivity index (χ4v) is 3.10. The molecule has 0 aliphatic heterocycles. The van der Waals surface area contributed by atoms with E-state index in [0.717, 1.165) is 11.1 Å². The van der Waals surface area contributed by atoms with Crippen LogP contribution in [0.25, 0.3) is 22.2 Å². The fraction of sp³-hybridized carbons (Fsp3) is 0.0417. The molecule has 0 radical (unpaired) electrons. The Morgan fingerprint density at radius 1 is 1.00 bits per heavy atom. The molecule has 30 heavy (non-hydrogen) atoms. The number of aromatic hydroxyl groups is 2. The summed E-state index contributed by atoms with van der Waals surface area (Å²) in [6.07, 6.45) is 1.32. The lowest BCUT2D eigenvalue weighted by Gasteiger charge is -2.09. The van der Waals surface area contributed by atoms with Crippen LogP contribution in [0, 0.1) is 6.92 Å². The highest BCUT2D eigenvalue weighted by Crippen LogP contribution is 2.25. The van der Waals surface area contributed by atoms with Gasteiger partial charge in [-0.05, 0) is 31.2 Å². The van der Waals surface area contributed by atoms with Gasteiger partial charge in [-0.15, -0.1) is 0 Å². The molecule has 148 valence electrons. The molecule has 0 fully saturated rings. The highest BCUT2D eigenvalue weighted by molar-refractivity contribution is 6.07. The number of para-hydroxylation sites is 1. The van der Waals surface area contributed by atoms with Crippen LogP contribution in [-0.4, -0.2) is 27.3 Å². The quantitative estimate of drug-likeness (QED) is 0.352. The number of carbonyl (C=O) groups is 1. The summed E-state index contributed by atoms with van der Waals surface area (Å²) in [5.74, 6) is -0.582. The first-order valence-electron chi connectivity index (χ1n) is 9.33. The first-order chi connectivity index (χ1) is 14.5. The molecule has 0 aliphatic carbocycles. The second-order valence-electron chi connectivity index (χ2n) is 6.88. The zero-order chi connectivity index (χ0) is 21.1. The largest absolute Gasteiger partial charge is 0.508 e. The zero-order valence-electron chi connectivity index (χ0n) is 16.2. The predicted molar refractivity (Wildman–Crippen MR) is 117 cm³/mol. The van der Waals surface area contributed by atoms with Crippen molar-refractivity contribution < 1.29 is 15.0 Å². The van der Waals surface area contributed by atoms with Crippen LogP contribution in [0.2, 0.25) is 0 Å². The summed E-state index contributed by atoms with van der Waals surface area (Å²) in [5, 5.41) is 23.8. The van der Waals surface area contributed by atoms with Crippen LogP contribution in [0.1, 0.15) is 21.5 Å². The van der Waals surface area contributed by atoms with Crippen LogP contribution >= 0.6 is 0 Å². The lowest BCUT2D eigenvalue weighted by Crippen LogP contribution is -2.18. The molecule has 3 aromatic carbocycles. The van der Waals surface area contributed by atoms with Gasteiger partial charge in [-0.25, -0.2) is 10.4 Å². The van der Waals surface area contributed by atoms with Gasteiger partial charge in [0.05, 0.1) is 23.0 Å². The Labute approximate surface area is 173 Å². The number of pyridine rings is 1. The number of rotatable bonds is 4. The number of hydrazone groups is 1. The lowest BCUT2D eigenvalue weighted by molar-refractivity contribution is 0.0956. The minimum absolute atomic E-state index is 0.0550. The maximum atomic E-state index is 12.9. The molecule has 4 rings (SSSR count). The predicted octanol–water partition coefficient (Wildman–Crippen LogP) is 4.39. The number of aromatic nitrogens is 1. The van der Waals surface area contributed by atoms with Gasteiger partial charge < -0.3 is 10.2 Å². The Balaban J connectivity index is 1.67. The van der Waals surface area contributed by atoms with Crippen molar-refractivity contribution in [1.29, 1.82) is 0 Å². The summed E-state index contributed by atoms with van der Waals surface area (Å²) in [6, 6.07) is 21.2. The van der Waals surface area contributed by atoms with Gasteiger partial charge in [0.15, 0.2) is 0 Å². The maximum Gasteiger partial charge on any atom is 0.272 e. The smallest absolute Gasteiger partial charge is 0.272 e. The Morgan fingerprint density at radius 3 is 2.53 bits per heavy atom. The highest BCUT2D eigenvalue weighted by atomic mass is 16.3. The molecule has 0 atom stereocenters. The average Bonchev–Trinajstić information content (AvgIpc) is 2.75. The van der Waals surface area contributed by atoms with E-state index in [2.05, 4.69) is 10.5 Å². The number of aryl methyl sites for hydroxylation is 1. The van der Waals surface area contributed by atoms with Gasteiger partial charge in [-0.3, -0.25) is 4.79 Å². The Hall–Kier alpha value is -4.19. The monoisotopic (exact) mass is 397 g/mol. The minimum atomic E-state index is -0.392. The summed E-state index contributed by atoms with van der Waals surface area (Å²) >= 11 is 0. The molecule has 0 spiro atoms. The van der Waals surface area contributed by atoms with Gasteiger partial charge in [-0.1, -0.05) is 48.0 Å². The Kier molecular flexibility index (Phi) is 5.13. The van der Waals surface area contributed by atoms with Crippen LogP contribution < -0.4 is 5.43 Å². The van der Waals surface area contributed by atoms with Crippen molar-refractivity contribution in [1.82, 2.24) is 10.4 Å². The minimum Gasteiger partial charge on any atom is -0.508 e. The third-order valence-electron chi connectivity index (χ3n) is 4.69. The molecule has 0 saturated carbocycles. The second kappa shape index (κ2) is 8.05. The summed E-state index contributed by atoms with van der Waals surface area (Å²) < 4.78 is 0. The van der Waals surface area contributed by atoms with Gasteiger partial charge in [-0.2, -0.15) is 5.10 Å². The number of phenols is 2. The van der Waals surface area contributed by atoms with Crippen molar-refractivity contribution in [3.63, 3.8) is 0 Å². The van der Waals surface area contributed by atoms with Crippen molar-refractivity contribution in [2.45, 2.75) is 6.92 Å². The number of fused-ring (bicyclic) bond motifs is 1. The molecule has 1 heterocycles. The molecular weight excluding hydrogens is 378 g/mol. The first-order valence-corrected chi connectivity index (χ1v) is 9.33. The Morgan fingerprint density at radius 2 is 1.77 bits per heavy atom. The van der Waals surface area contributed by atoms with Crippen LogP contribution in [0.4, 0.5) is 0 Å². The third kappa shape index (κ3) is 3.98. The van der Waals surface area contributed by atoms with Crippen molar-refractivity contribution in [3.05, 3.63) is 89.5 Å². The number of hydrogen-bond acceptors (Lipinski definition) is 5. The number of amides is 1. The van der Waals surface area contributed by atoms with E-state index in [1.165, 1.54) is 24.4 Å². The van der Waals surface area contributed by atoms with E-state index in [1.54, 1.807) is 6.07 Å². The molecule has 3 N–H and O–H groups in total.